The van der Waals surface area contributed by atoms with Crippen molar-refractivity contribution in [2.75, 3.05) is 12.3 Å². The van der Waals surface area contributed by atoms with E-state index in [1.165, 1.54) is 0 Å². The van der Waals surface area contributed by atoms with Crippen molar-refractivity contribution in [3.63, 3.8) is 0 Å². The Balaban J connectivity index is 2.18. The highest BCUT2D eigenvalue weighted by Gasteiger charge is 2.56. The first-order chi connectivity index (χ1) is 10.7. The largest absolute Gasteiger partial charge is 0.325 e. The normalized spacial score (nSPS) is 25.4. The summed E-state index contributed by atoms with van der Waals surface area (Å²) in [6, 6.07) is 2.55. The van der Waals surface area contributed by atoms with E-state index in [1.807, 2.05) is 0 Å². The number of halogens is 1. The second-order valence-electron chi connectivity index (χ2n) is 5.89. The molecule has 1 aromatic carbocycles. The van der Waals surface area contributed by atoms with Crippen LogP contribution in [0.5, 0.6) is 0 Å². The van der Waals surface area contributed by atoms with Crippen LogP contribution < -0.4 is 5.32 Å². The van der Waals surface area contributed by atoms with Gasteiger partial charge in [0.1, 0.15) is 11.4 Å². The van der Waals surface area contributed by atoms with E-state index >= 15 is 0 Å². The van der Waals surface area contributed by atoms with E-state index < -0.39 is 33.1 Å². The highest BCUT2D eigenvalue weighted by Crippen LogP contribution is 2.41. The van der Waals surface area contributed by atoms with Crippen LogP contribution in [0.25, 0.3) is 0 Å². The number of sulfone groups is 1. The lowest BCUT2D eigenvalue weighted by Crippen LogP contribution is -2.49. The molecule has 2 aliphatic rings. The Bertz CT molecular complexity index is 849. The molecule has 1 N–H and O–H groups in total. The number of nitrogens with zero attached hydrogens (tertiary/aromatic N) is 1. The van der Waals surface area contributed by atoms with Crippen LogP contribution in [0.1, 0.15) is 18.9 Å². The van der Waals surface area contributed by atoms with E-state index in [-0.39, 0.29) is 29.2 Å². The molecule has 8 heteroatoms. The number of nitrogens with one attached hydrogen (secondary N) is 1. The molecule has 1 saturated heterocycles. The molecule has 1 atom stereocenters. The fraction of sp³-hybridized carbons (Fsp3) is 0.333. The Labute approximate surface area is 132 Å². The first-order valence-electron chi connectivity index (χ1n) is 6.99. The van der Waals surface area contributed by atoms with Crippen molar-refractivity contribution in [2.45, 2.75) is 23.8 Å². The van der Waals surface area contributed by atoms with E-state index in [1.54, 1.807) is 6.92 Å². The molecule has 0 bridgehead atoms. The van der Waals surface area contributed by atoms with Crippen LogP contribution in [0.2, 0.25) is 0 Å². The molecule has 1 aromatic rings. The van der Waals surface area contributed by atoms with Crippen LogP contribution in [0.4, 0.5) is 9.18 Å². The number of carbonyl (C=O) groups is 2. The third-order valence-electron chi connectivity index (χ3n) is 4.09. The molecule has 2 aliphatic heterocycles. The molecule has 23 heavy (non-hydrogen) atoms. The van der Waals surface area contributed by atoms with E-state index in [0.717, 1.165) is 23.1 Å². The van der Waals surface area contributed by atoms with Gasteiger partial charge in [-0.25, -0.2) is 17.6 Å². The summed E-state index contributed by atoms with van der Waals surface area (Å²) in [5.41, 5.74) is -0.935. The average molecular weight is 338 g/mol. The maximum Gasteiger partial charge on any atom is 0.325 e. The second-order valence-corrected chi connectivity index (χ2v) is 7.97. The fourth-order valence-corrected chi connectivity index (χ4v) is 4.67. The number of hydrogen-bond acceptors (Lipinski definition) is 4. The number of amides is 3. The van der Waals surface area contributed by atoms with Gasteiger partial charge in [-0.1, -0.05) is 12.2 Å². The van der Waals surface area contributed by atoms with Gasteiger partial charge in [0.25, 0.3) is 5.91 Å². The Morgan fingerprint density at radius 2 is 2.13 bits per heavy atom. The zero-order valence-corrected chi connectivity index (χ0v) is 13.2. The quantitative estimate of drug-likeness (QED) is 0.501. The number of urea groups is 1. The second kappa shape index (κ2) is 4.89. The number of hydrogen-bond donors (Lipinski definition) is 1. The lowest BCUT2D eigenvalue weighted by molar-refractivity contribution is -0.131. The molecule has 3 rings (SSSR count). The summed E-state index contributed by atoms with van der Waals surface area (Å²) in [7, 11) is -3.61. The van der Waals surface area contributed by atoms with Crippen molar-refractivity contribution in [1.82, 2.24) is 10.2 Å². The van der Waals surface area contributed by atoms with Gasteiger partial charge >= 0.3 is 6.03 Å². The topological polar surface area (TPSA) is 83.6 Å². The minimum atomic E-state index is -3.61. The van der Waals surface area contributed by atoms with Gasteiger partial charge in [-0.15, -0.1) is 0 Å². The minimum absolute atomic E-state index is 0.00804. The van der Waals surface area contributed by atoms with Crippen LogP contribution in [0.3, 0.4) is 0 Å². The molecule has 2 heterocycles. The monoisotopic (exact) mass is 338 g/mol. The molecule has 0 aliphatic carbocycles. The molecule has 1 unspecified atom stereocenters. The summed E-state index contributed by atoms with van der Waals surface area (Å²) in [4.78, 5) is 25.8. The average Bonchev–Trinajstić information content (AvgIpc) is 2.68. The van der Waals surface area contributed by atoms with Crippen molar-refractivity contribution < 1.29 is 22.4 Å². The Morgan fingerprint density at radius 1 is 1.43 bits per heavy atom. The summed E-state index contributed by atoms with van der Waals surface area (Å²) in [6.07, 6.45) is -0.122. The smallest absolute Gasteiger partial charge is 0.319 e. The van der Waals surface area contributed by atoms with Gasteiger partial charge in [-0.3, -0.25) is 9.69 Å². The predicted octanol–water partition coefficient (Wildman–Crippen LogP) is 1.33. The zero-order valence-electron chi connectivity index (χ0n) is 12.4. The fourth-order valence-electron chi connectivity index (χ4n) is 3.03. The van der Waals surface area contributed by atoms with Gasteiger partial charge in [0.15, 0.2) is 9.84 Å². The molecule has 1 spiro atoms. The predicted molar refractivity (Wildman–Crippen MR) is 79.8 cm³/mol. The Hall–Kier alpha value is -2.22. The van der Waals surface area contributed by atoms with Crippen LogP contribution >= 0.6 is 0 Å². The van der Waals surface area contributed by atoms with Crippen molar-refractivity contribution >= 4 is 21.8 Å². The maximum absolute atomic E-state index is 13.7. The number of fused-ring (bicyclic) bond motifs is 2. The van der Waals surface area contributed by atoms with Crippen LogP contribution in [0, 0.1) is 5.82 Å². The zero-order chi connectivity index (χ0) is 17.0. The molecular weight excluding hydrogens is 323 g/mol. The standard InChI is InChI=1S/C15H15FN2O4S/c1-9(2)8-18-13(19)15(17-14(18)20)5-6-23(21,22)12-4-3-10(16)7-11(12)15/h3-4,7H,1,5-6,8H2,2H3,(H,17,20). The maximum atomic E-state index is 13.7. The van der Waals surface area contributed by atoms with Gasteiger partial charge in [-0.2, -0.15) is 0 Å². The molecule has 122 valence electrons. The van der Waals surface area contributed by atoms with E-state index in [2.05, 4.69) is 11.9 Å². The van der Waals surface area contributed by atoms with Gasteiger partial charge in [0, 0.05) is 5.56 Å². The van der Waals surface area contributed by atoms with Crippen molar-refractivity contribution in [3.8, 4) is 0 Å². The Kier molecular flexibility index (Phi) is 3.33. The number of imide groups is 1. The molecule has 0 aromatic heterocycles. The van der Waals surface area contributed by atoms with Crippen molar-refractivity contribution in [3.05, 3.63) is 41.7 Å². The van der Waals surface area contributed by atoms with Gasteiger partial charge in [0.2, 0.25) is 0 Å². The lowest BCUT2D eigenvalue weighted by atomic mass is 9.86. The summed E-state index contributed by atoms with van der Waals surface area (Å²) < 4.78 is 38.1. The molecule has 1 fully saturated rings. The number of benzene rings is 1. The first-order valence-corrected chi connectivity index (χ1v) is 8.64. The highest BCUT2D eigenvalue weighted by atomic mass is 32.2. The lowest BCUT2D eigenvalue weighted by Gasteiger charge is -2.33. The summed E-state index contributed by atoms with van der Waals surface area (Å²) in [5, 5.41) is 2.56. The van der Waals surface area contributed by atoms with Gasteiger partial charge in [0.05, 0.1) is 17.2 Å². The summed E-state index contributed by atoms with van der Waals surface area (Å²) >= 11 is 0. The molecular formula is C15H15FN2O4S. The summed E-state index contributed by atoms with van der Waals surface area (Å²) in [5.74, 6) is -1.54. The van der Waals surface area contributed by atoms with E-state index in [4.69, 9.17) is 0 Å². The van der Waals surface area contributed by atoms with Crippen molar-refractivity contribution in [1.29, 1.82) is 0 Å². The van der Waals surface area contributed by atoms with Gasteiger partial charge < -0.3 is 5.32 Å². The van der Waals surface area contributed by atoms with Crippen LogP contribution in [-0.2, 0) is 20.2 Å². The van der Waals surface area contributed by atoms with Crippen molar-refractivity contribution in [2.24, 2.45) is 0 Å². The number of rotatable bonds is 2. The van der Waals surface area contributed by atoms with Crippen LogP contribution in [0.15, 0.2) is 35.2 Å². The van der Waals surface area contributed by atoms with Gasteiger partial charge in [-0.05, 0) is 31.5 Å². The van der Waals surface area contributed by atoms with E-state index in [0.29, 0.717) is 5.57 Å². The Morgan fingerprint density at radius 3 is 2.78 bits per heavy atom. The third-order valence-corrected chi connectivity index (χ3v) is 5.85. The molecule has 0 radical (unpaired) electrons. The molecule has 6 nitrogen and oxygen atoms in total. The highest BCUT2D eigenvalue weighted by molar-refractivity contribution is 7.91. The molecule has 3 amide bonds. The first kappa shape index (κ1) is 15.7. The van der Waals surface area contributed by atoms with E-state index in [9.17, 15) is 22.4 Å². The summed E-state index contributed by atoms with van der Waals surface area (Å²) in [6.45, 7) is 5.38. The number of carbonyl (C=O) groups excluding carboxylic acids is 2. The third kappa shape index (κ3) is 2.24. The SMILES string of the molecule is C=C(C)CN1C(=O)NC2(CCS(=O)(=O)c3ccc(F)cc32)C1=O. The minimum Gasteiger partial charge on any atom is -0.319 e. The van der Waals surface area contributed by atoms with Crippen LogP contribution in [-0.4, -0.2) is 37.6 Å². The molecule has 0 saturated carbocycles.